The molecule has 0 saturated carbocycles. The third-order valence-corrected chi connectivity index (χ3v) is 2.15. The summed E-state index contributed by atoms with van der Waals surface area (Å²) in [6.45, 7) is 11.0. The molecule has 0 heterocycles. The van der Waals surface area contributed by atoms with Crippen molar-refractivity contribution in [2.24, 2.45) is 4.99 Å². The van der Waals surface area contributed by atoms with Crippen LogP contribution in [0.25, 0.3) is 0 Å². The van der Waals surface area contributed by atoms with E-state index in [9.17, 15) is 0 Å². The lowest BCUT2D eigenvalue weighted by atomic mass is 10.1. The quantitative estimate of drug-likeness (QED) is 0.435. The largest absolute Gasteiger partial charge is 0.308 e. The molecule has 0 aliphatic carbocycles. The first-order valence-electron chi connectivity index (χ1n) is 4.53. The maximum atomic E-state index is 4.36. The molecule has 1 N–H and O–H groups in total. The summed E-state index contributed by atoms with van der Waals surface area (Å²) in [7, 11) is 0. The molecule has 0 fully saturated rings. The van der Waals surface area contributed by atoms with E-state index < -0.39 is 0 Å². The van der Waals surface area contributed by atoms with Gasteiger partial charge in [0, 0.05) is 24.1 Å². The SMILES string of the molecule is C=C(C)CN[C@@H](C)[C@H](C)N=CCBr. The molecule has 3 heteroatoms. The molecule has 2 nitrogen and oxygen atoms in total. The summed E-state index contributed by atoms with van der Waals surface area (Å²) in [5.41, 5.74) is 1.16. The van der Waals surface area contributed by atoms with Crippen LogP contribution in [0.5, 0.6) is 0 Å². The Kier molecular flexibility index (Phi) is 7.19. The summed E-state index contributed by atoms with van der Waals surface area (Å²) < 4.78 is 0. The van der Waals surface area contributed by atoms with Gasteiger partial charge >= 0.3 is 0 Å². The van der Waals surface area contributed by atoms with Crippen LogP contribution in [0.1, 0.15) is 20.8 Å². The van der Waals surface area contributed by atoms with Crippen molar-refractivity contribution in [3.63, 3.8) is 0 Å². The van der Waals surface area contributed by atoms with Crippen molar-refractivity contribution in [1.29, 1.82) is 0 Å². The van der Waals surface area contributed by atoms with Gasteiger partial charge in [0.05, 0.1) is 6.04 Å². The first kappa shape index (κ1) is 12.8. The smallest absolute Gasteiger partial charge is 0.0618 e. The van der Waals surface area contributed by atoms with Crippen LogP contribution in [-0.4, -0.2) is 30.2 Å². The lowest BCUT2D eigenvalue weighted by Gasteiger charge is -2.17. The number of nitrogens with zero attached hydrogens (tertiary/aromatic N) is 1. The van der Waals surface area contributed by atoms with Crippen molar-refractivity contribution in [2.45, 2.75) is 32.9 Å². The number of aliphatic imine (C=N–C) groups is 1. The normalized spacial score (nSPS) is 16.0. The van der Waals surface area contributed by atoms with E-state index in [0.717, 1.165) is 17.4 Å². The van der Waals surface area contributed by atoms with Gasteiger partial charge in [-0.2, -0.15) is 0 Å². The van der Waals surface area contributed by atoms with Crippen LogP contribution in [-0.2, 0) is 0 Å². The minimum atomic E-state index is 0.317. The average molecular weight is 247 g/mol. The van der Waals surface area contributed by atoms with Crippen molar-refractivity contribution in [3.8, 4) is 0 Å². The molecule has 0 aromatic heterocycles. The number of halogens is 1. The fourth-order valence-electron chi connectivity index (χ4n) is 0.841. The zero-order valence-corrected chi connectivity index (χ0v) is 10.3. The Bertz CT molecular complexity index is 178. The number of nitrogens with one attached hydrogen (secondary N) is 1. The molecule has 0 aromatic rings. The Morgan fingerprint density at radius 1 is 1.62 bits per heavy atom. The predicted octanol–water partition coefficient (Wildman–Crippen LogP) is 2.39. The number of hydrogen-bond donors (Lipinski definition) is 1. The zero-order chi connectivity index (χ0) is 10.3. The van der Waals surface area contributed by atoms with E-state index in [4.69, 9.17) is 0 Å². The highest BCUT2D eigenvalue weighted by molar-refractivity contribution is 9.09. The van der Waals surface area contributed by atoms with Gasteiger partial charge in [0.1, 0.15) is 0 Å². The molecule has 13 heavy (non-hydrogen) atoms. The Balaban J connectivity index is 3.74. The Hall–Kier alpha value is -0.150. The minimum Gasteiger partial charge on any atom is -0.308 e. The molecule has 0 spiro atoms. The van der Waals surface area contributed by atoms with Gasteiger partial charge in [0.15, 0.2) is 0 Å². The van der Waals surface area contributed by atoms with Crippen LogP contribution in [0.2, 0.25) is 0 Å². The highest BCUT2D eigenvalue weighted by Crippen LogP contribution is 1.98. The highest BCUT2D eigenvalue weighted by atomic mass is 79.9. The van der Waals surface area contributed by atoms with Crippen molar-refractivity contribution in [1.82, 2.24) is 5.32 Å². The van der Waals surface area contributed by atoms with Gasteiger partial charge in [-0.05, 0) is 20.8 Å². The molecule has 0 saturated heterocycles. The molecule has 2 atom stereocenters. The van der Waals surface area contributed by atoms with Crippen molar-refractivity contribution < 1.29 is 0 Å². The van der Waals surface area contributed by atoms with Crippen molar-refractivity contribution in [3.05, 3.63) is 12.2 Å². The summed E-state index contributed by atoms with van der Waals surface area (Å²) in [6.07, 6.45) is 1.89. The van der Waals surface area contributed by atoms with Crippen LogP contribution in [0.3, 0.4) is 0 Å². The molecular weight excluding hydrogens is 228 g/mol. The molecule has 0 unspecified atom stereocenters. The van der Waals surface area contributed by atoms with Gasteiger partial charge in [0.2, 0.25) is 0 Å². The van der Waals surface area contributed by atoms with E-state index >= 15 is 0 Å². The van der Waals surface area contributed by atoms with E-state index in [-0.39, 0.29) is 0 Å². The van der Waals surface area contributed by atoms with E-state index in [1.54, 1.807) is 0 Å². The van der Waals surface area contributed by atoms with Gasteiger partial charge < -0.3 is 5.32 Å². The Morgan fingerprint density at radius 2 is 2.23 bits per heavy atom. The molecule has 0 rings (SSSR count). The average Bonchev–Trinajstić information content (AvgIpc) is 2.10. The summed E-state index contributed by atoms with van der Waals surface area (Å²) in [6, 6.07) is 0.712. The second kappa shape index (κ2) is 7.27. The van der Waals surface area contributed by atoms with Gasteiger partial charge in [-0.3, -0.25) is 4.99 Å². The van der Waals surface area contributed by atoms with E-state index in [1.165, 1.54) is 0 Å². The molecule has 0 aliphatic heterocycles. The third-order valence-electron chi connectivity index (χ3n) is 1.86. The van der Waals surface area contributed by atoms with Crippen LogP contribution in [0.4, 0.5) is 0 Å². The Labute approximate surface area is 89.6 Å². The minimum absolute atomic E-state index is 0.317. The number of rotatable bonds is 6. The molecule has 0 aromatic carbocycles. The fraction of sp³-hybridized carbons (Fsp3) is 0.700. The van der Waals surface area contributed by atoms with E-state index in [1.807, 2.05) is 13.1 Å². The van der Waals surface area contributed by atoms with E-state index in [2.05, 4.69) is 46.7 Å². The summed E-state index contributed by atoms with van der Waals surface area (Å²) in [5, 5.41) is 4.19. The zero-order valence-electron chi connectivity index (χ0n) is 8.68. The predicted molar refractivity (Wildman–Crippen MR) is 64.0 cm³/mol. The first-order valence-corrected chi connectivity index (χ1v) is 5.65. The van der Waals surface area contributed by atoms with Crippen molar-refractivity contribution >= 4 is 22.1 Å². The lowest BCUT2D eigenvalue weighted by molar-refractivity contribution is 0.499. The van der Waals surface area contributed by atoms with Gasteiger partial charge in [-0.25, -0.2) is 0 Å². The standard InChI is InChI=1S/C10H19BrN2/c1-8(2)7-13-10(4)9(3)12-6-5-11/h6,9-10,13H,1,5,7H2,2-4H3/t9-,10-/m0/s1. The third kappa shape index (κ3) is 6.96. The number of alkyl halides is 1. The van der Waals surface area contributed by atoms with Crippen LogP contribution in [0.15, 0.2) is 17.1 Å². The maximum Gasteiger partial charge on any atom is 0.0618 e. The number of hydrogen-bond acceptors (Lipinski definition) is 2. The molecule has 0 bridgehead atoms. The van der Waals surface area contributed by atoms with E-state index in [0.29, 0.717) is 12.1 Å². The van der Waals surface area contributed by atoms with Gasteiger partial charge in [-0.1, -0.05) is 28.1 Å². The Morgan fingerprint density at radius 3 is 2.69 bits per heavy atom. The topological polar surface area (TPSA) is 24.4 Å². The molecule has 0 aliphatic rings. The fourth-order valence-corrected chi connectivity index (χ4v) is 1.01. The molecule has 0 radical (unpaired) electrons. The second-order valence-electron chi connectivity index (χ2n) is 3.35. The van der Waals surface area contributed by atoms with Crippen LogP contribution < -0.4 is 5.32 Å². The molecule has 0 amide bonds. The summed E-state index contributed by atoms with van der Waals surface area (Å²) in [4.78, 5) is 4.36. The maximum absolute atomic E-state index is 4.36. The molecule has 76 valence electrons. The monoisotopic (exact) mass is 246 g/mol. The lowest BCUT2D eigenvalue weighted by Crippen LogP contribution is -2.35. The van der Waals surface area contributed by atoms with Gasteiger partial charge in [0.25, 0.3) is 0 Å². The van der Waals surface area contributed by atoms with Crippen LogP contribution in [0, 0.1) is 0 Å². The molecular formula is C10H19BrN2. The van der Waals surface area contributed by atoms with Gasteiger partial charge in [-0.15, -0.1) is 0 Å². The summed E-state index contributed by atoms with van der Waals surface area (Å²) >= 11 is 3.31. The highest BCUT2D eigenvalue weighted by Gasteiger charge is 2.08. The van der Waals surface area contributed by atoms with Crippen LogP contribution >= 0.6 is 15.9 Å². The summed E-state index contributed by atoms with van der Waals surface area (Å²) in [5.74, 6) is 0. The second-order valence-corrected chi connectivity index (χ2v) is 4.00. The first-order chi connectivity index (χ1) is 6.07. The van der Waals surface area contributed by atoms with Crippen molar-refractivity contribution in [2.75, 3.05) is 11.9 Å².